The van der Waals surface area contributed by atoms with E-state index in [0.29, 0.717) is 12.1 Å². The maximum absolute atomic E-state index is 12.7. The number of sulfonamides is 1. The summed E-state index contributed by atoms with van der Waals surface area (Å²) in [6.07, 6.45) is 1.15. The van der Waals surface area contributed by atoms with Gasteiger partial charge in [0.1, 0.15) is 0 Å². The van der Waals surface area contributed by atoms with Crippen LogP contribution in [0, 0.1) is 0 Å². The van der Waals surface area contributed by atoms with Crippen molar-refractivity contribution in [2.24, 2.45) is 0 Å². The number of carbonyl (C=O) groups excluding carboxylic acids is 2. The Morgan fingerprint density at radius 3 is 2.34 bits per heavy atom. The van der Waals surface area contributed by atoms with Gasteiger partial charge in [-0.15, -0.1) is 0 Å². The first-order chi connectivity index (χ1) is 13.8. The Balaban J connectivity index is 1.63. The Hall–Kier alpha value is -2.97. The van der Waals surface area contributed by atoms with Crippen LogP contribution in [0.5, 0.6) is 0 Å². The molecule has 1 saturated heterocycles. The molecule has 1 heterocycles. The fourth-order valence-corrected chi connectivity index (χ4v) is 4.58. The van der Waals surface area contributed by atoms with Crippen LogP contribution < -0.4 is 5.32 Å². The van der Waals surface area contributed by atoms with E-state index in [4.69, 9.17) is 0 Å². The minimum absolute atomic E-state index is 0.119. The average molecular weight is 413 g/mol. The van der Waals surface area contributed by atoms with E-state index in [2.05, 4.69) is 11.9 Å². The topological polar surface area (TPSA) is 86.8 Å². The van der Waals surface area contributed by atoms with Gasteiger partial charge in [0.15, 0.2) is 0 Å². The standard InChI is InChI=1S/C21H23N3O4S/c1-3-20(25)22-18-14-24(15-18)29(27,28)19-11-9-17(10-12-19)21(26)23(2)13-16-7-5-4-6-8-16/h3-12,18H,1,13-15H2,2H3,(H,22,25). The molecular weight excluding hydrogens is 390 g/mol. The Morgan fingerprint density at radius 2 is 1.76 bits per heavy atom. The highest BCUT2D eigenvalue weighted by Crippen LogP contribution is 2.22. The van der Waals surface area contributed by atoms with Gasteiger partial charge in [0.05, 0.1) is 10.9 Å². The monoisotopic (exact) mass is 413 g/mol. The van der Waals surface area contributed by atoms with Crippen LogP contribution in [0.15, 0.2) is 72.1 Å². The lowest BCUT2D eigenvalue weighted by molar-refractivity contribution is -0.117. The summed E-state index contributed by atoms with van der Waals surface area (Å²) in [7, 11) is -1.95. The lowest BCUT2D eigenvalue weighted by Gasteiger charge is -2.38. The lowest BCUT2D eigenvalue weighted by Crippen LogP contribution is -2.60. The van der Waals surface area contributed by atoms with E-state index in [1.54, 1.807) is 11.9 Å². The van der Waals surface area contributed by atoms with Crippen LogP contribution in [0.1, 0.15) is 15.9 Å². The van der Waals surface area contributed by atoms with Crippen LogP contribution in [-0.4, -0.2) is 55.6 Å². The van der Waals surface area contributed by atoms with Gasteiger partial charge in [0.25, 0.3) is 5.91 Å². The number of nitrogens with zero attached hydrogens (tertiary/aromatic N) is 2. The van der Waals surface area contributed by atoms with E-state index >= 15 is 0 Å². The third kappa shape index (κ3) is 4.72. The van der Waals surface area contributed by atoms with Gasteiger partial charge in [0, 0.05) is 32.2 Å². The van der Waals surface area contributed by atoms with Crippen molar-refractivity contribution in [2.45, 2.75) is 17.5 Å². The molecular formula is C21H23N3O4S. The minimum atomic E-state index is -3.66. The first kappa shape index (κ1) is 20.8. The number of hydrogen-bond acceptors (Lipinski definition) is 4. The lowest BCUT2D eigenvalue weighted by atomic mass is 10.1. The van der Waals surface area contributed by atoms with Crippen molar-refractivity contribution in [1.82, 2.24) is 14.5 Å². The van der Waals surface area contributed by atoms with Crippen molar-refractivity contribution in [1.29, 1.82) is 0 Å². The molecule has 0 saturated carbocycles. The summed E-state index contributed by atoms with van der Waals surface area (Å²) in [5, 5.41) is 2.66. The van der Waals surface area contributed by atoms with Gasteiger partial charge in [-0.05, 0) is 35.9 Å². The van der Waals surface area contributed by atoms with Crippen LogP contribution in [0.25, 0.3) is 0 Å². The molecule has 0 aromatic heterocycles. The molecule has 0 spiro atoms. The molecule has 0 bridgehead atoms. The smallest absolute Gasteiger partial charge is 0.253 e. The summed E-state index contributed by atoms with van der Waals surface area (Å²) in [4.78, 5) is 25.6. The Bertz CT molecular complexity index is 998. The largest absolute Gasteiger partial charge is 0.347 e. The van der Waals surface area contributed by atoms with Crippen molar-refractivity contribution >= 4 is 21.8 Å². The van der Waals surface area contributed by atoms with Gasteiger partial charge in [0.2, 0.25) is 15.9 Å². The normalized spacial score (nSPS) is 14.7. The highest BCUT2D eigenvalue weighted by atomic mass is 32.2. The first-order valence-electron chi connectivity index (χ1n) is 9.14. The molecule has 7 nitrogen and oxygen atoms in total. The molecule has 1 aliphatic rings. The Labute approximate surface area is 170 Å². The summed E-state index contributed by atoms with van der Waals surface area (Å²) < 4.78 is 26.6. The zero-order valence-corrected chi connectivity index (χ0v) is 16.9. The third-order valence-electron chi connectivity index (χ3n) is 4.73. The summed E-state index contributed by atoms with van der Waals surface area (Å²) in [6, 6.07) is 15.3. The predicted octanol–water partition coefficient (Wildman–Crippen LogP) is 1.63. The van der Waals surface area contributed by atoms with Gasteiger partial charge >= 0.3 is 0 Å². The molecule has 3 rings (SSSR count). The summed E-state index contributed by atoms with van der Waals surface area (Å²) >= 11 is 0. The van der Waals surface area contributed by atoms with Crippen LogP contribution >= 0.6 is 0 Å². The summed E-state index contributed by atoms with van der Waals surface area (Å²) in [6.45, 7) is 4.26. The van der Waals surface area contributed by atoms with Crippen LogP contribution in [0.4, 0.5) is 0 Å². The second-order valence-electron chi connectivity index (χ2n) is 6.90. The molecule has 1 N–H and O–H groups in total. The van der Waals surface area contributed by atoms with E-state index in [1.165, 1.54) is 28.6 Å². The molecule has 2 aromatic carbocycles. The van der Waals surface area contributed by atoms with Gasteiger partial charge in [-0.25, -0.2) is 8.42 Å². The summed E-state index contributed by atoms with van der Waals surface area (Å²) in [5.41, 5.74) is 1.43. The number of rotatable bonds is 7. The highest BCUT2D eigenvalue weighted by Gasteiger charge is 2.37. The molecule has 0 aliphatic carbocycles. The quantitative estimate of drug-likeness (QED) is 0.699. The van der Waals surface area contributed by atoms with E-state index in [-0.39, 0.29) is 35.8 Å². The van der Waals surface area contributed by atoms with Crippen LogP contribution in [0.2, 0.25) is 0 Å². The number of nitrogens with one attached hydrogen (secondary N) is 1. The molecule has 2 aromatic rings. The van der Waals surface area contributed by atoms with Crippen LogP contribution in [0.3, 0.4) is 0 Å². The van der Waals surface area contributed by atoms with Crippen molar-refractivity contribution < 1.29 is 18.0 Å². The fourth-order valence-electron chi connectivity index (χ4n) is 3.05. The van der Waals surface area contributed by atoms with Crippen molar-refractivity contribution in [3.63, 3.8) is 0 Å². The average Bonchev–Trinajstić information content (AvgIpc) is 2.70. The number of carbonyl (C=O) groups is 2. The van der Waals surface area contributed by atoms with E-state index in [1.807, 2.05) is 30.3 Å². The first-order valence-corrected chi connectivity index (χ1v) is 10.6. The molecule has 0 atom stereocenters. The van der Waals surface area contributed by atoms with Crippen molar-refractivity contribution in [2.75, 3.05) is 20.1 Å². The third-order valence-corrected chi connectivity index (χ3v) is 6.57. The molecule has 2 amide bonds. The Kier molecular flexibility index (Phi) is 6.14. The van der Waals surface area contributed by atoms with Gasteiger partial charge in [-0.3, -0.25) is 9.59 Å². The number of hydrogen-bond donors (Lipinski definition) is 1. The summed E-state index contributed by atoms with van der Waals surface area (Å²) in [5.74, 6) is -0.511. The molecule has 29 heavy (non-hydrogen) atoms. The molecule has 1 aliphatic heterocycles. The Morgan fingerprint density at radius 1 is 1.14 bits per heavy atom. The molecule has 152 valence electrons. The van der Waals surface area contributed by atoms with Crippen molar-refractivity contribution in [3.8, 4) is 0 Å². The van der Waals surface area contributed by atoms with Gasteiger partial charge in [-0.1, -0.05) is 36.9 Å². The maximum atomic E-state index is 12.7. The number of amides is 2. The second kappa shape index (κ2) is 8.59. The SMILES string of the molecule is C=CC(=O)NC1CN(S(=O)(=O)c2ccc(C(=O)N(C)Cc3ccccc3)cc2)C1. The van der Waals surface area contributed by atoms with E-state index in [9.17, 15) is 18.0 Å². The maximum Gasteiger partial charge on any atom is 0.253 e. The molecule has 0 radical (unpaired) electrons. The second-order valence-corrected chi connectivity index (χ2v) is 8.84. The van der Waals surface area contributed by atoms with E-state index in [0.717, 1.165) is 11.6 Å². The zero-order valence-electron chi connectivity index (χ0n) is 16.1. The van der Waals surface area contributed by atoms with Gasteiger partial charge in [-0.2, -0.15) is 4.31 Å². The minimum Gasteiger partial charge on any atom is -0.347 e. The van der Waals surface area contributed by atoms with E-state index < -0.39 is 10.0 Å². The van der Waals surface area contributed by atoms with Crippen molar-refractivity contribution in [3.05, 3.63) is 78.4 Å². The molecule has 8 heteroatoms. The molecule has 1 fully saturated rings. The number of benzene rings is 2. The fraction of sp³-hybridized carbons (Fsp3) is 0.238. The zero-order chi connectivity index (χ0) is 21.0. The van der Waals surface area contributed by atoms with Gasteiger partial charge < -0.3 is 10.2 Å². The van der Waals surface area contributed by atoms with Crippen LogP contribution in [-0.2, 0) is 21.4 Å². The molecule has 0 unspecified atom stereocenters. The predicted molar refractivity (Wildman–Crippen MR) is 110 cm³/mol. The highest BCUT2D eigenvalue weighted by molar-refractivity contribution is 7.89.